The molecule has 1 aliphatic heterocycles. The Bertz CT molecular complexity index is 296. The Kier molecular flexibility index (Phi) is 5.00. The molecule has 0 aromatic carbocycles. The van der Waals surface area contributed by atoms with Crippen LogP contribution in [0.5, 0.6) is 0 Å². The monoisotopic (exact) mass is 240 g/mol. The molecule has 1 fully saturated rings. The molecule has 17 heavy (non-hydrogen) atoms. The molecular formula is C12H20N2O3. The summed E-state index contributed by atoms with van der Waals surface area (Å²) in [4.78, 5) is 24.2. The Morgan fingerprint density at radius 3 is 2.59 bits per heavy atom. The van der Waals surface area contributed by atoms with Crippen LogP contribution in [0.2, 0.25) is 0 Å². The van der Waals surface area contributed by atoms with Gasteiger partial charge in [-0.2, -0.15) is 0 Å². The van der Waals surface area contributed by atoms with Gasteiger partial charge < -0.3 is 15.3 Å². The summed E-state index contributed by atoms with van der Waals surface area (Å²) in [6.45, 7) is 6.57. The highest BCUT2D eigenvalue weighted by Gasteiger charge is 2.27. The van der Waals surface area contributed by atoms with Gasteiger partial charge in [-0.3, -0.25) is 4.79 Å². The minimum absolute atomic E-state index is 0.0668. The predicted molar refractivity (Wildman–Crippen MR) is 64.7 cm³/mol. The number of amides is 2. The lowest BCUT2D eigenvalue weighted by atomic mass is 9.97. The van der Waals surface area contributed by atoms with Gasteiger partial charge in [-0.15, -0.1) is 6.58 Å². The molecule has 5 nitrogen and oxygen atoms in total. The summed E-state index contributed by atoms with van der Waals surface area (Å²) in [7, 11) is 0. The van der Waals surface area contributed by atoms with Crippen LogP contribution in [0, 0.1) is 5.92 Å². The van der Waals surface area contributed by atoms with E-state index in [4.69, 9.17) is 5.11 Å². The first-order valence-electron chi connectivity index (χ1n) is 5.93. The van der Waals surface area contributed by atoms with Crippen LogP contribution in [-0.2, 0) is 4.79 Å². The lowest BCUT2D eigenvalue weighted by Gasteiger charge is -2.31. The van der Waals surface area contributed by atoms with Crippen molar-refractivity contribution in [1.29, 1.82) is 0 Å². The highest BCUT2D eigenvalue weighted by molar-refractivity contribution is 5.75. The van der Waals surface area contributed by atoms with Gasteiger partial charge in [-0.05, 0) is 26.2 Å². The molecule has 1 unspecified atom stereocenters. The molecule has 1 saturated heterocycles. The van der Waals surface area contributed by atoms with Crippen molar-refractivity contribution in [2.45, 2.75) is 32.2 Å². The maximum Gasteiger partial charge on any atom is 0.317 e. The Hall–Kier alpha value is -1.52. The number of carboxylic acid groups (broad SMARTS) is 1. The van der Waals surface area contributed by atoms with Crippen LogP contribution in [0.25, 0.3) is 0 Å². The van der Waals surface area contributed by atoms with Gasteiger partial charge in [0.1, 0.15) is 0 Å². The summed E-state index contributed by atoms with van der Waals surface area (Å²) in [6.07, 6.45) is 3.58. The minimum atomic E-state index is -0.759. The number of rotatable bonds is 4. The van der Waals surface area contributed by atoms with Crippen molar-refractivity contribution < 1.29 is 14.7 Å². The standard InChI is InChI=1S/C12H20N2O3/c1-3-4-9(2)13-12(17)14-7-5-10(6-8-14)11(15)16/h3,9-10H,1,4-8H2,2H3,(H,13,17)(H,15,16). The molecule has 0 spiro atoms. The largest absolute Gasteiger partial charge is 0.481 e. The van der Waals surface area contributed by atoms with E-state index in [-0.39, 0.29) is 18.0 Å². The van der Waals surface area contributed by atoms with E-state index in [0.29, 0.717) is 25.9 Å². The first kappa shape index (κ1) is 13.5. The van der Waals surface area contributed by atoms with Crippen molar-refractivity contribution in [3.63, 3.8) is 0 Å². The molecular weight excluding hydrogens is 220 g/mol. The number of hydrogen-bond acceptors (Lipinski definition) is 2. The van der Waals surface area contributed by atoms with Crippen molar-refractivity contribution >= 4 is 12.0 Å². The van der Waals surface area contributed by atoms with Crippen LogP contribution in [0.1, 0.15) is 26.2 Å². The summed E-state index contributed by atoms with van der Waals surface area (Å²) < 4.78 is 0. The van der Waals surface area contributed by atoms with Crippen molar-refractivity contribution in [2.75, 3.05) is 13.1 Å². The van der Waals surface area contributed by atoms with Gasteiger partial charge in [0.2, 0.25) is 0 Å². The number of nitrogens with one attached hydrogen (secondary N) is 1. The highest BCUT2D eigenvalue weighted by atomic mass is 16.4. The number of aliphatic carboxylic acids is 1. The Labute approximate surface area is 101 Å². The van der Waals surface area contributed by atoms with Crippen LogP contribution in [0.3, 0.4) is 0 Å². The zero-order valence-corrected chi connectivity index (χ0v) is 10.2. The van der Waals surface area contributed by atoms with Crippen molar-refractivity contribution in [1.82, 2.24) is 10.2 Å². The number of hydrogen-bond donors (Lipinski definition) is 2. The molecule has 1 heterocycles. The number of carbonyl (C=O) groups is 2. The topological polar surface area (TPSA) is 69.6 Å². The lowest BCUT2D eigenvalue weighted by molar-refractivity contribution is -0.143. The van der Waals surface area contributed by atoms with E-state index in [2.05, 4.69) is 11.9 Å². The van der Waals surface area contributed by atoms with Crippen LogP contribution in [-0.4, -0.2) is 41.1 Å². The van der Waals surface area contributed by atoms with E-state index in [0.717, 1.165) is 6.42 Å². The first-order chi connectivity index (χ1) is 8.04. The van der Waals surface area contributed by atoms with Crippen LogP contribution in [0.15, 0.2) is 12.7 Å². The Morgan fingerprint density at radius 2 is 2.12 bits per heavy atom. The minimum Gasteiger partial charge on any atom is -0.481 e. The number of urea groups is 1. The molecule has 1 aliphatic rings. The lowest BCUT2D eigenvalue weighted by Crippen LogP contribution is -2.47. The predicted octanol–water partition coefficient (Wildman–Crippen LogP) is 1.46. The van der Waals surface area contributed by atoms with Crippen molar-refractivity contribution in [3.8, 4) is 0 Å². The van der Waals surface area contributed by atoms with Gasteiger partial charge in [0.05, 0.1) is 5.92 Å². The quantitative estimate of drug-likeness (QED) is 0.731. The van der Waals surface area contributed by atoms with E-state index in [1.807, 2.05) is 6.92 Å². The van der Waals surface area contributed by atoms with Crippen molar-refractivity contribution in [3.05, 3.63) is 12.7 Å². The zero-order chi connectivity index (χ0) is 12.8. The van der Waals surface area contributed by atoms with Gasteiger partial charge in [-0.25, -0.2) is 4.79 Å². The zero-order valence-electron chi connectivity index (χ0n) is 10.2. The van der Waals surface area contributed by atoms with E-state index < -0.39 is 5.97 Å². The third-order valence-corrected chi connectivity index (χ3v) is 3.02. The summed E-state index contributed by atoms with van der Waals surface area (Å²) >= 11 is 0. The summed E-state index contributed by atoms with van der Waals surface area (Å²) in [5.41, 5.74) is 0. The van der Waals surface area contributed by atoms with E-state index in [1.165, 1.54) is 0 Å². The normalized spacial score (nSPS) is 18.5. The van der Waals surface area contributed by atoms with E-state index in [9.17, 15) is 9.59 Å². The second-order valence-electron chi connectivity index (χ2n) is 4.47. The molecule has 0 radical (unpaired) electrons. The van der Waals surface area contributed by atoms with Crippen LogP contribution in [0.4, 0.5) is 4.79 Å². The average molecular weight is 240 g/mol. The molecule has 0 aromatic heterocycles. The second-order valence-corrected chi connectivity index (χ2v) is 4.47. The molecule has 96 valence electrons. The Morgan fingerprint density at radius 1 is 1.53 bits per heavy atom. The van der Waals surface area contributed by atoms with Gasteiger partial charge >= 0.3 is 12.0 Å². The summed E-state index contributed by atoms with van der Waals surface area (Å²) in [5, 5.41) is 11.7. The summed E-state index contributed by atoms with van der Waals surface area (Å²) in [6, 6.07) is -0.0413. The Balaban J connectivity index is 2.35. The smallest absolute Gasteiger partial charge is 0.317 e. The number of carbonyl (C=O) groups excluding carboxylic acids is 1. The third kappa shape index (κ3) is 4.09. The molecule has 0 saturated carbocycles. The molecule has 0 bridgehead atoms. The number of carboxylic acids is 1. The molecule has 1 rings (SSSR count). The maximum absolute atomic E-state index is 11.8. The number of likely N-dealkylation sites (tertiary alicyclic amines) is 1. The molecule has 0 aromatic rings. The van der Waals surface area contributed by atoms with Gasteiger partial charge in [0.15, 0.2) is 0 Å². The van der Waals surface area contributed by atoms with Gasteiger partial charge in [-0.1, -0.05) is 6.08 Å². The van der Waals surface area contributed by atoms with E-state index >= 15 is 0 Å². The SMILES string of the molecule is C=CCC(C)NC(=O)N1CCC(C(=O)O)CC1. The van der Waals surface area contributed by atoms with E-state index in [1.54, 1.807) is 11.0 Å². The number of piperidine rings is 1. The molecule has 5 heteroatoms. The average Bonchev–Trinajstić information content (AvgIpc) is 2.29. The van der Waals surface area contributed by atoms with Gasteiger partial charge in [0, 0.05) is 19.1 Å². The molecule has 2 amide bonds. The van der Waals surface area contributed by atoms with Gasteiger partial charge in [0.25, 0.3) is 0 Å². The van der Waals surface area contributed by atoms with Crippen LogP contribution >= 0.6 is 0 Å². The number of nitrogens with zero attached hydrogens (tertiary/aromatic N) is 1. The highest BCUT2D eigenvalue weighted by Crippen LogP contribution is 2.17. The molecule has 1 atom stereocenters. The fraction of sp³-hybridized carbons (Fsp3) is 0.667. The summed E-state index contributed by atoms with van der Waals surface area (Å²) in [5.74, 6) is -1.06. The van der Waals surface area contributed by atoms with Crippen molar-refractivity contribution in [2.24, 2.45) is 5.92 Å². The fourth-order valence-electron chi connectivity index (χ4n) is 1.94. The first-order valence-corrected chi connectivity index (χ1v) is 5.93. The third-order valence-electron chi connectivity index (χ3n) is 3.02. The maximum atomic E-state index is 11.8. The van der Waals surface area contributed by atoms with Crippen LogP contribution < -0.4 is 5.32 Å². The molecule has 2 N–H and O–H groups in total. The second kappa shape index (κ2) is 6.27. The molecule has 0 aliphatic carbocycles. The fourth-order valence-corrected chi connectivity index (χ4v) is 1.94.